The molecule has 4 aliphatic carbocycles. The monoisotopic (exact) mass is 445 g/mol. The number of amides is 1. The highest BCUT2D eigenvalue weighted by molar-refractivity contribution is 6.00. The highest BCUT2D eigenvalue weighted by atomic mass is 16.5. The molecule has 0 aliphatic heterocycles. The van der Waals surface area contributed by atoms with Crippen molar-refractivity contribution in [3.8, 4) is 0 Å². The predicted molar refractivity (Wildman–Crippen MR) is 111 cm³/mol. The van der Waals surface area contributed by atoms with Gasteiger partial charge >= 0.3 is 17.9 Å². The van der Waals surface area contributed by atoms with E-state index in [1.807, 2.05) is 0 Å². The van der Waals surface area contributed by atoms with Crippen LogP contribution in [0, 0.1) is 17.3 Å². The van der Waals surface area contributed by atoms with Crippen LogP contribution in [0.5, 0.6) is 0 Å². The van der Waals surface area contributed by atoms with E-state index in [0.717, 1.165) is 19.3 Å². The third kappa shape index (κ3) is 4.21. The van der Waals surface area contributed by atoms with E-state index in [9.17, 15) is 24.3 Å². The highest BCUT2D eigenvalue weighted by Gasteiger charge is 2.60. The standard InChI is InChI=1S/C23H27NO8/c1-30-19(26)15-4-16(20(27)31-2)6-17(5-15)24-18(25)11-32-21(28)22-7-13-3-14(8-22)10-23(29,9-13)12-22/h4-6,13-14,29H,3,7-12H2,1-2H3,(H,24,25). The van der Waals surface area contributed by atoms with E-state index in [-0.39, 0.29) is 16.8 Å². The zero-order chi connectivity index (χ0) is 23.1. The van der Waals surface area contributed by atoms with Gasteiger partial charge in [-0.2, -0.15) is 0 Å². The van der Waals surface area contributed by atoms with E-state index < -0.39 is 41.4 Å². The van der Waals surface area contributed by atoms with Crippen LogP contribution in [0.4, 0.5) is 5.69 Å². The first-order valence-electron chi connectivity index (χ1n) is 10.7. The summed E-state index contributed by atoms with van der Waals surface area (Å²) in [6.07, 6.45) is 4.27. The molecule has 0 saturated heterocycles. The Morgan fingerprint density at radius 3 is 2.03 bits per heavy atom. The summed E-state index contributed by atoms with van der Waals surface area (Å²) >= 11 is 0. The van der Waals surface area contributed by atoms with E-state index in [4.69, 9.17) is 4.74 Å². The maximum Gasteiger partial charge on any atom is 0.337 e. The molecule has 4 aliphatic rings. The minimum atomic E-state index is -0.802. The van der Waals surface area contributed by atoms with Crippen molar-refractivity contribution >= 4 is 29.5 Å². The Kier molecular flexibility index (Phi) is 5.70. The summed E-state index contributed by atoms with van der Waals surface area (Å²) in [7, 11) is 2.40. The van der Waals surface area contributed by atoms with Crippen LogP contribution in [0.2, 0.25) is 0 Å². The summed E-state index contributed by atoms with van der Waals surface area (Å²) in [6, 6.07) is 4.00. The second-order valence-corrected chi connectivity index (χ2v) is 9.37. The van der Waals surface area contributed by atoms with Gasteiger partial charge in [0.15, 0.2) is 6.61 Å². The number of methoxy groups -OCH3 is 2. The zero-order valence-corrected chi connectivity index (χ0v) is 18.1. The van der Waals surface area contributed by atoms with Crippen molar-refractivity contribution in [3.63, 3.8) is 0 Å². The van der Waals surface area contributed by atoms with Crippen molar-refractivity contribution in [2.75, 3.05) is 26.1 Å². The van der Waals surface area contributed by atoms with E-state index in [1.165, 1.54) is 32.4 Å². The molecule has 2 N–H and O–H groups in total. The molecule has 0 aromatic heterocycles. The number of carbonyl (C=O) groups is 4. The molecule has 2 unspecified atom stereocenters. The fourth-order valence-electron chi connectivity index (χ4n) is 6.11. The normalized spacial score (nSPS) is 29.8. The fourth-order valence-corrected chi connectivity index (χ4v) is 6.11. The molecule has 4 bridgehead atoms. The molecule has 0 radical (unpaired) electrons. The van der Waals surface area contributed by atoms with Gasteiger partial charge in [0.1, 0.15) is 0 Å². The first-order chi connectivity index (χ1) is 15.1. The minimum absolute atomic E-state index is 0.0597. The summed E-state index contributed by atoms with van der Waals surface area (Å²) in [4.78, 5) is 49.1. The number of anilines is 1. The van der Waals surface area contributed by atoms with Crippen LogP contribution in [0.1, 0.15) is 59.2 Å². The molecular formula is C23H27NO8. The molecule has 1 amide bonds. The van der Waals surface area contributed by atoms with Crippen LogP contribution in [-0.2, 0) is 23.8 Å². The van der Waals surface area contributed by atoms with Crippen molar-refractivity contribution in [2.45, 2.75) is 44.1 Å². The first kappa shape index (κ1) is 22.3. The number of ether oxygens (including phenoxy) is 3. The Hall–Kier alpha value is -2.94. The smallest absolute Gasteiger partial charge is 0.337 e. The lowest BCUT2D eigenvalue weighted by Gasteiger charge is -2.58. The SMILES string of the molecule is COC(=O)c1cc(NC(=O)COC(=O)C23CC4CC(CC(O)(C4)C2)C3)cc(C(=O)OC)c1. The molecule has 4 saturated carbocycles. The van der Waals surface area contributed by atoms with Gasteiger partial charge in [-0.1, -0.05) is 0 Å². The predicted octanol–water partition coefficient (Wildman–Crippen LogP) is 2.07. The third-order valence-electron chi connectivity index (χ3n) is 6.86. The molecule has 1 aromatic carbocycles. The zero-order valence-electron chi connectivity index (χ0n) is 18.1. The highest BCUT2D eigenvalue weighted by Crippen LogP contribution is 2.61. The van der Waals surface area contributed by atoms with E-state index in [2.05, 4.69) is 14.8 Å². The quantitative estimate of drug-likeness (QED) is 0.503. The van der Waals surface area contributed by atoms with E-state index in [1.54, 1.807) is 0 Å². The van der Waals surface area contributed by atoms with Crippen molar-refractivity contribution in [1.29, 1.82) is 0 Å². The average molecular weight is 445 g/mol. The molecule has 0 heterocycles. The molecule has 2 atom stereocenters. The van der Waals surface area contributed by atoms with Gasteiger partial charge in [-0.05, 0) is 68.6 Å². The van der Waals surface area contributed by atoms with Crippen molar-refractivity contribution in [2.24, 2.45) is 17.3 Å². The van der Waals surface area contributed by atoms with Crippen LogP contribution in [-0.4, -0.2) is 55.3 Å². The number of hydrogen-bond donors (Lipinski definition) is 2. The number of aliphatic hydroxyl groups is 1. The molecule has 32 heavy (non-hydrogen) atoms. The van der Waals surface area contributed by atoms with Crippen molar-refractivity contribution in [1.82, 2.24) is 0 Å². The molecule has 9 nitrogen and oxygen atoms in total. The van der Waals surface area contributed by atoms with Gasteiger partial charge in [-0.3, -0.25) is 9.59 Å². The van der Waals surface area contributed by atoms with E-state index in [0.29, 0.717) is 31.1 Å². The third-order valence-corrected chi connectivity index (χ3v) is 6.86. The van der Waals surface area contributed by atoms with Crippen LogP contribution < -0.4 is 5.32 Å². The summed E-state index contributed by atoms with van der Waals surface area (Å²) in [5.74, 6) is -1.78. The summed E-state index contributed by atoms with van der Waals surface area (Å²) in [5.41, 5.74) is -1.24. The lowest BCUT2D eigenvalue weighted by molar-refractivity contribution is -0.196. The number of hydrogen-bond acceptors (Lipinski definition) is 8. The number of carbonyl (C=O) groups excluding carboxylic acids is 4. The minimum Gasteiger partial charge on any atom is -0.465 e. The first-order valence-corrected chi connectivity index (χ1v) is 10.7. The average Bonchev–Trinajstić information content (AvgIpc) is 2.74. The van der Waals surface area contributed by atoms with Gasteiger partial charge in [0, 0.05) is 5.69 Å². The van der Waals surface area contributed by atoms with Gasteiger partial charge in [-0.15, -0.1) is 0 Å². The number of nitrogens with one attached hydrogen (secondary N) is 1. The Labute approximate surface area is 185 Å². The van der Waals surface area contributed by atoms with Gasteiger partial charge in [0.25, 0.3) is 5.91 Å². The second kappa shape index (κ2) is 8.20. The maximum absolute atomic E-state index is 12.9. The summed E-state index contributed by atoms with van der Waals surface area (Å²) < 4.78 is 14.7. The number of benzene rings is 1. The lowest BCUT2D eigenvalue weighted by Crippen LogP contribution is -2.58. The van der Waals surface area contributed by atoms with Crippen molar-refractivity contribution < 1.29 is 38.5 Å². The summed E-state index contributed by atoms with van der Waals surface area (Å²) in [5, 5.41) is 13.3. The second-order valence-electron chi connectivity index (χ2n) is 9.37. The van der Waals surface area contributed by atoms with Crippen LogP contribution >= 0.6 is 0 Å². The molecule has 9 heteroatoms. The molecule has 0 spiro atoms. The Bertz CT molecular complexity index is 922. The Balaban J connectivity index is 1.41. The topological polar surface area (TPSA) is 128 Å². The van der Waals surface area contributed by atoms with Gasteiger partial charge in [0.2, 0.25) is 0 Å². The maximum atomic E-state index is 12.9. The summed E-state index contributed by atoms with van der Waals surface area (Å²) in [6.45, 7) is -0.510. The Morgan fingerprint density at radius 1 is 0.969 bits per heavy atom. The number of esters is 3. The number of rotatable bonds is 6. The van der Waals surface area contributed by atoms with Crippen molar-refractivity contribution in [3.05, 3.63) is 29.3 Å². The van der Waals surface area contributed by atoms with E-state index >= 15 is 0 Å². The van der Waals surface area contributed by atoms with Gasteiger partial charge in [0.05, 0.1) is 36.4 Å². The van der Waals surface area contributed by atoms with Gasteiger partial charge < -0.3 is 24.6 Å². The molecule has 4 fully saturated rings. The van der Waals surface area contributed by atoms with Crippen LogP contribution in [0.25, 0.3) is 0 Å². The molecule has 5 rings (SSSR count). The molecule has 172 valence electrons. The Morgan fingerprint density at radius 2 is 1.53 bits per heavy atom. The van der Waals surface area contributed by atoms with Gasteiger partial charge in [-0.25, -0.2) is 9.59 Å². The molecule has 1 aromatic rings. The fraction of sp³-hybridized carbons (Fsp3) is 0.565. The molecular weight excluding hydrogens is 418 g/mol. The largest absolute Gasteiger partial charge is 0.465 e. The van der Waals surface area contributed by atoms with Crippen LogP contribution in [0.15, 0.2) is 18.2 Å². The lowest BCUT2D eigenvalue weighted by atomic mass is 9.48. The van der Waals surface area contributed by atoms with Crippen LogP contribution in [0.3, 0.4) is 0 Å².